The van der Waals surface area contributed by atoms with Crippen LogP contribution < -0.4 is 10.2 Å². The number of hydrogen-bond donors (Lipinski definition) is 2. The van der Waals surface area contributed by atoms with Gasteiger partial charge >= 0.3 is 0 Å². The van der Waals surface area contributed by atoms with E-state index in [9.17, 15) is 5.11 Å². The fourth-order valence-electron chi connectivity index (χ4n) is 2.43. The third kappa shape index (κ3) is 2.72. The molecule has 5 heteroatoms. The summed E-state index contributed by atoms with van der Waals surface area (Å²) in [7, 11) is 4.01. The average Bonchev–Trinajstić information content (AvgIpc) is 2.75. The normalized spacial score (nSPS) is 10.9. The van der Waals surface area contributed by atoms with Crippen LogP contribution in [0, 0.1) is 6.92 Å². The van der Waals surface area contributed by atoms with Crippen LogP contribution in [0.2, 0.25) is 5.02 Å². The maximum Gasteiger partial charge on any atom is 0.158 e. The molecule has 3 rings (SSSR count). The van der Waals surface area contributed by atoms with Crippen molar-refractivity contribution in [3.63, 3.8) is 0 Å². The van der Waals surface area contributed by atoms with E-state index in [2.05, 4.69) is 5.32 Å². The number of aromatic hydroxyl groups is 1. The van der Waals surface area contributed by atoms with Gasteiger partial charge in [-0.3, -0.25) is 0 Å². The summed E-state index contributed by atoms with van der Waals surface area (Å²) in [6, 6.07) is 11.8. The number of thiophene rings is 1. The van der Waals surface area contributed by atoms with E-state index in [0.717, 1.165) is 32.0 Å². The minimum Gasteiger partial charge on any atom is -0.504 e. The maximum absolute atomic E-state index is 10.5. The molecule has 3 aromatic rings. The fraction of sp³-hybridized carbons (Fsp3) is 0.176. The largest absolute Gasteiger partial charge is 0.504 e. The van der Waals surface area contributed by atoms with Crippen molar-refractivity contribution in [1.29, 1.82) is 0 Å². The first kappa shape index (κ1) is 15.0. The van der Waals surface area contributed by atoms with Crippen LogP contribution in [0.15, 0.2) is 36.4 Å². The Bertz CT molecular complexity index is 825. The summed E-state index contributed by atoms with van der Waals surface area (Å²) in [6.45, 7) is 1.95. The maximum atomic E-state index is 10.5. The minimum atomic E-state index is 0.283. The number of benzene rings is 2. The summed E-state index contributed by atoms with van der Waals surface area (Å²) in [5, 5.41) is 16.0. The van der Waals surface area contributed by atoms with Crippen LogP contribution in [-0.2, 0) is 0 Å². The molecule has 0 unspecified atom stereocenters. The van der Waals surface area contributed by atoms with Crippen LogP contribution in [-0.4, -0.2) is 19.2 Å². The molecule has 0 spiro atoms. The van der Waals surface area contributed by atoms with Crippen LogP contribution >= 0.6 is 22.9 Å². The van der Waals surface area contributed by atoms with Crippen molar-refractivity contribution in [3.8, 4) is 5.75 Å². The molecule has 1 heterocycles. The number of hydrogen-bond acceptors (Lipinski definition) is 4. The Morgan fingerprint density at radius 3 is 2.45 bits per heavy atom. The molecule has 2 aromatic carbocycles. The summed E-state index contributed by atoms with van der Waals surface area (Å²) >= 11 is 7.59. The predicted molar refractivity (Wildman–Crippen MR) is 97.3 cm³/mol. The SMILES string of the molecule is Cc1cc(Cl)cc2sc(Nc3ccc(N(C)C)cc3)c(O)c12. The molecule has 2 N–H and O–H groups in total. The van der Waals surface area contributed by atoms with Crippen molar-refractivity contribution in [2.45, 2.75) is 6.92 Å². The number of nitrogens with one attached hydrogen (secondary N) is 1. The molecule has 114 valence electrons. The van der Waals surface area contributed by atoms with Crippen LogP contribution in [0.4, 0.5) is 16.4 Å². The number of anilines is 3. The van der Waals surface area contributed by atoms with Crippen molar-refractivity contribution < 1.29 is 5.11 Å². The first-order valence-electron chi connectivity index (χ1n) is 6.91. The number of fused-ring (bicyclic) bond motifs is 1. The fourth-order valence-corrected chi connectivity index (χ4v) is 3.90. The van der Waals surface area contributed by atoms with E-state index >= 15 is 0 Å². The van der Waals surface area contributed by atoms with Gasteiger partial charge in [-0.1, -0.05) is 11.6 Å². The van der Waals surface area contributed by atoms with Crippen molar-refractivity contribution in [3.05, 3.63) is 47.0 Å². The highest BCUT2D eigenvalue weighted by molar-refractivity contribution is 7.23. The van der Waals surface area contributed by atoms with E-state index in [1.807, 2.05) is 62.3 Å². The van der Waals surface area contributed by atoms with E-state index < -0.39 is 0 Å². The van der Waals surface area contributed by atoms with Gasteiger partial charge in [-0.15, -0.1) is 11.3 Å². The van der Waals surface area contributed by atoms with Gasteiger partial charge in [0.05, 0.1) is 0 Å². The standard InChI is InChI=1S/C17H17ClN2OS/c1-10-8-11(18)9-14-15(10)16(21)17(22-14)19-12-4-6-13(7-5-12)20(2)3/h4-9,19,21H,1-3H3. The monoisotopic (exact) mass is 332 g/mol. The topological polar surface area (TPSA) is 35.5 Å². The summed E-state index contributed by atoms with van der Waals surface area (Å²) in [6.07, 6.45) is 0. The van der Waals surface area contributed by atoms with Gasteiger partial charge in [0.2, 0.25) is 0 Å². The second-order valence-electron chi connectivity index (χ2n) is 5.44. The zero-order valence-corrected chi connectivity index (χ0v) is 14.2. The van der Waals surface area contributed by atoms with Gasteiger partial charge in [0.15, 0.2) is 5.75 Å². The molecular weight excluding hydrogens is 316 g/mol. The van der Waals surface area contributed by atoms with Gasteiger partial charge in [-0.25, -0.2) is 0 Å². The Morgan fingerprint density at radius 1 is 1.14 bits per heavy atom. The molecule has 0 saturated heterocycles. The Labute approximate surface area is 138 Å². The van der Waals surface area contributed by atoms with E-state index in [1.54, 1.807) is 0 Å². The van der Waals surface area contributed by atoms with Crippen LogP contribution in [0.25, 0.3) is 10.1 Å². The third-order valence-electron chi connectivity index (χ3n) is 3.57. The van der Waals surface area contributed by atoms with Crippen molar-refractivity contribution in [1.82, 2.24) is 0 Å². The second-order valence-corrected chi connectivity index (χ2v) is 6.93. The molecule has 0 radical (unpaired) electrons. The zero-order valence-electron chi connectivity index (χ0n) is 12.6. The van der Waals surface area contributed by atoms with Crippen molar-refractivity contribution in [2.75, 3.05) is 24.3 Å². The van der Waals surface area contributed by atoms with Crippen LogP contribution in [0.5, 0.6) is 5.75 Å². The molecule has 0 atom stereocenters. The highest BCUT2D eigenvalue weighted by Gasteiger charge is 2.14. The van der Waals surface area contributed by atoms with Crippen molar-refractivity contribution in [2.24, 2.45) is 0 Å². The lowest BCUT2D eigenvalue weighted by Crippen LogP contribution is -2.08. The average molecular weight is 333 g/mol. The molecule has 3 nitrogen and oxygen atoms in total. The molecule has 0 saturated carbocycles. The van der Waals surface area contributed by atoms with E-state index in [4.69, 9.17) is 11.6 Å². The number of rotatable bonds is 3. The summed E-state index contributed by atoms with van der Waals surface area (Å²) in [5.74, 6) is 0.283. The van der Waals surface area contributed by atoms with Crippen LogP contribution in [0.1, 0.15) is 5.56 Å². The third-order valence-corrected chi connectivity index (χ3v) is 4.83. The quantitative estimate of drug-likeness (QED) is 0.676. The van der Waals surface area contributed by atoms with Crippen LogP contribution in [0.3, 0.4) is 0 Å². The summed E-state index contributed by atoms with van der Waals surface area (Å²) in [5.41, 5.74) is 3.05. The van der Waals surface area contributed by atoms with Gasteiger partial charge in [0.1, 0.15) is 5.00 Å². The number of halogens is 1. The highest BCUT2D eigenvalue weighted by Crippen LogP contribution is 2.45. The van der Waals surface area contributed by atoms with Gasteiger partial charge < -0.3 is 15.3 Å². The first-order valence-corrected chi connectivity index (χ1v) is 8.11. The summed E-state index contributed by atoms with van der Waals surface area (Å²) in [4.78, 5) is 2.05. The van der Waals surface area contributed by atoms with Gasteiger partial charge in [-0.2, -0.15) is 0 Å². The minimum absolute atomic E-state index is 0.283. The molecule has 0 aliphatic rings. The molecule has 0 amide bonds. The van der Waals surface area contributed by atoms with Crippen molar-refractivity contribution >= 4 is 49.4 Å². The smallest absolute Gasteiger partial charge is 0.158 e. The lowest BCUT2D eigenvalue weighted by Gasteiger charge is -2.13. The molecule has 0 bridgehead atoms. The molecule has 0 aliphatic carbocycles. The number of nitrogens with zero attached hydrogens (tertiary/aromatic N) is 1. The molecule has 0 fully saturated rings. The van der Waals surface area contributed by atoms with E-state index in [1.165, 1.54) is 11.3 Å². The Balaban J connectivity index is 1.97. The number of aryl methyl sites for hydroxylation is 1. The molecule has 0 aliphatic heterocycles. The van der Waals surface area contributed by atoms with E-state index in [0.29, 0.717) is 5.02 Å². The Kier molecular flexibility index (Phi) is 3.89. The Hall–Kier alpha value is -1.91. The highest BCUT2D eigenvalue weighted by atomic mass is 35.5. The Morgan fingerprint density at radius 2 is 1.82 bits per heavy atom. The summed E-state index contributed by atoms with van der Waals surface area (Å²) < 4.78 is 0.981. The van der Waals surface area contributed by atoms with Gasteiger partial charge in [0, 0.05) is 40.6 Å². The molecular formula is C17H17ClN2OS. The van der Waals surface area contributed by atoms with E-state index in [-0.39, 0.29) is 5.75 Å². The predicted octanol–water partition coefficient (Wildman–Crippen LogP) is 5.38. The zero-order chi connectivity index (χ0) is 15.9. The lowest BCUT2D eigenvalue weighted by molar-refractivity contribution is 0.485. The first-order chi connectivity index (χ1) is 10.5. The molecule has 22 heavy (non-hydrogen) atoms. The second kappa shape index (κ2) is 5.71. The lowest BCUT2D eigenvalue weighted by atomic mass is 10.1. The molecule has 1 aromatic heterocycles. The van der Waals surface area contributed by atoms with Gasteiger partial charge in [0.25, 0.3) is 0 Å². The van der Waals surface area contributed by atoms with Gasteiger partial charge in [-0.05, 0) is 48.9 Å².